The predicted molar refractivity (Wildman–Crippen MR) is 77.0 cm³/mol. The van der Waals surface area contributed by atoms with Crippen LogP contribution in [0, 0.1) is 0 Å². The minimum atomic E-state index is -0.958. The van der Waals surface area contributed by atoms with Crippen LogP contribution in [0.4, 0.5) is 0 Å². The van der Waals surface area contributed by atoms with E-state index in [1.807, 2.05) is 0 Å². The molecule has 1 saturated heterocycles. The van der Waals surface area contributed by atoms with Crippen molar-refractivity contribution in [2.75, 3.05) is 19.8 Å². The Balaban J connectivity index is 2.22. The maximum atomic E-state index is 12.5. The van der Waals surface area contributed by atoms with Gasteiger partial charge in [-0.1, -0.05) is 27.5 Å². The smallest absolute Gasteiger partial charge is 0.305 e. The molecule has 1 unspecified atom stereocenters. The molecule has 1 amide bonds. The van der Waals surface area contributed by atoms with Gasteiger partial charge in [0.1, 0.15) is 0 Å². The molecular weight excluding hydrogens is 350 g/mol. The van der Waals surface area contributed by atoms with Crippen LogP contribution in [0.3, 0.4) is 0 Å². The average molecular weight is 363 g/mol. The molecule has 0 spiro atoms. The summed E-state index contributed by atoms with van der Waals surface area (Å²) in [7, 11) is 0. The first-order valence-electron chi connectivity index (χ1n) is 6.04. The number of amides is 1. The number of carbonyl (C=O) groups excluding carboxylic acids is 1. The zero-order valence-electron chi connectivity index (χ0n) is 10.5. The van der Waals surface area contributed by atoms with Crippen LogP contribution in [0.1, 0.15) is 16.8 Å². The number of morpholine rings is 1. The lowest BCUT2D eigenvalue weighted by Crippen LogP contribution is -2.49. The van der Waals surface area contributed by atoms with Gasteiger partial charge in [-0.25, -0.2) is 0 Å². The Morgan fingerprint density at radius 2 is 2.25 bits per heavy atom. The molecule has 0 saturated carbocycles. The van der Waals surface area contributed by atoms with Crippen molar-refractivity contribution in [1.82, 2.24) is 4.90 Å². The first-order valence-corrected chi connectivity index (χ1v) is 7.21. The molecule has 0 aliphatic carbocycles. The van der Waals surface area contributed by atoms with Crippen molar-refractivity contribution in [1.29, 1.82) is 0 Å². The molecule has 1 aromatic rings. The van der Waals surface area contributed by atoms with Crippen LogP contribution in [-0.4, -0.2) is 47.7 Å². The summed E-state index contributed by atoms with van der Waals surface area (Å²) in [6, 6.07) is 4.53. The molecule has 5 nitrogen and oxygen atoms in total. The Bertz CT molecular complexity index is 537. The summed E-state index contributed by atoms with van der Waals surface area (Å²) in [6.45, 7) is 0.991. The van der Waals surface area contributed by atoms with E-state index in [2.05, 4.69) is 15.9 Å². The molecule has 1 aliphatic rings. The van der Waals surface area contributed by atoms with Crippen molar-refractivity contribution in [3.05, 3.63) is 33.3 Å². The third kappa shape index (κ3) is 3.50. The van der Waals surface area contributed by atoms with Gasteiger partial charge in [-0.2, -0.15) is 0 Å². The standard InChI is InChI=1S/C13H13BrClNO4/c14-8-1-2-10(11(15)5-8)13(19)16-3-4-20-7-9(16)6-12(17)18/h1-2,5,9H,3-4,6-7H2,(H,17,18). The topological polar surface area (TPSA) is 66.8 Å². The molecular formula is C13H13BrClNO4. The molecule has 1 fully saturated rings. The Morgan fingerprint density at radius 1 is 1.50 bits per heavy atom. The van der Waals surface area contributed by atoms with Crippen LogP contribution in [0.25, 0.3) is 0 Å². The van der Waals surface area contributed by atoms with Crippen molar-refractivity contribution < 1.29 is 19.4 Å². The number of ether oxygens (including phenoxy) is 1. The number of nitrogens with zero attached hydrogens (tertiary/aromatic N) is 1. The number of hydrogen-bond acceptors (Lipinski definition) is 3. The Labute approximate surface area is 129 Å². The summed E-state index contributed by atoms with van der Waals surface area (Å²) in [6.07, 6.45) is -0.139. The van der Waals surface area contributed by atoms with E-state index >= 15 is 0 Å². The number of halogens is 2. The predicted octanol–water partition coefficient (Wildman–Crippen LogP) is 2.42. The Kier molecular flexibility index (Phi) is 5.01. The zero-order chi connectivity index (χ0) is 14.7. The Morgan fingerprint density at radius 3 is 2.90 bits per heavy atom. The molecule has 0 radical (unpaired) electrons. The molecule has 1 heterocycles. The highest BCUT2D eigenvalue weighted by atomic mass is 79.9. The van der Waals surface area contributed by atoms with Crippen LogP contribution < -0.4 is 0 Å². The van der Waals surface area contributed by atoms with E-state index in [9.17, 15) is 9.59 Å². The lowest BCUT2D eigenvalue weighted by molar-refractivity contribution is -0.139. The van der Waals surface area contributed by atoms with Crippen molar-refractivity contribution in [2.24, 2.45) is 0 Å². The van der Waals surface area contributed by atoms with Gasteiger partial charge >= 0.3 is 5.97 Å². The maximum Gasteiger partial charge on any atom is 0.305 e. The summed E-state index contributed by atoms with van der Waals surface area (Å²) >= 11 is 9.35. The molecule has 0 bridgehead atoms. The van der Waals surface area contributed by atoms with Crippen molar-refractivity contribution >= 4 is 39.4 Å². The Hall–Kier alpha value is -1.11. The minimum absolute atomic E-state index is 0.139. The molecule has 20 heavy (non-hydrogen) atoms. The van der Waals surface area contributed by atoms with E-state index in [1.165, 1.54) is 4.90 Å². The summed E-state index contributed by atoms with van der Waals surface area (Å²) in [5.41, 5.74) is 0.368. The molecule has 1 atom stereocenters. The highest BCUT2D eigenvalue weighted by molar-refractivity contribution is 9.10. The maximum absolute atomic E-state index is 12.5. The molecule has 1 N–H and O–H groups in total. The number of hydrogen-bond donors (Lipinski definition) is 1. The normalized spacial score (nSPS) is 18.9. The van der Waals surface area contributed by atoms with Gasteiger partial charge < -0.3 is 14.7 Å². The van der Waals surface area contributed by atoms with E-state index in [1.54, 1.807) is 18.2 Å². The van der Waals surface area contributed by atoms with Gasteiger partial charge in [0.05, 0.1) is 36.3 Å². The highest BCUT2D eigenvalue weighted by Crippen LogP contribution is 2.24. The van der Waals surface area contributed by atoms with Crippen molar-refractivity contribution in [2.45, 2.75) is 12.5 Å². The van der Waals surface area contributed by atoms with Crippen LogP contribution in [0.2, 0.25) is 5.02 Å². The number of benzene rings is 1. The third-order valence-corrected chi connectivity index (χ3v) is 3.87. The first kappa shape index (κ1) is 15.3. The highest BCUT2D eigenvalue weighted by Gasteiger charge is 2.30. The lowest BCUT2D eigenvalue weighted by atomic mass is 10.1. The zero-order valence-corrected chi connectivity index (χ0v) is 12.9. The SMILES string of the molecule is O=C(O)CC1COCCN1C(=O)c1ccc(Br)cc1Cl. The fraction of sp³-hybridized carbons (Fsp3) is 0.385. The molecule has 1 aliphatic heterocycles. The fourth-order valence-corrected chi connectivity index (χ4v) is 2.86. The van der Waals surface area contributed by atoms with E-state index < -0.39 is 12.0 Å². The second-order valence-electron chi connectivity index (χ2n) is 4.45. The summed E-state index contributed by atoms with van der Waals surface area (Å²) < 4.78 is 6.03. The van der Waals surface area contributed by atoms with E-state index in [0.29, 0.717) is 23.7 Å². The average Bonchev–Trinajstić information content (AvgIpc) is 2.38. The largest absolute Gasteiger partial charge is 0.481 e. The molecule has 1 aromatic carbocycles. The van der Waals surface area contributed by atoms with Gasteiger partial charge in [-0.15, -0.1) is 0 Å². The summed E-state index contributed by atoms with van der Waals surface area (Å²) in [5.74, 6) is -1.22. The molecule has 7 heteroatoms. The van der Waals surface area contributed by atoms with Crippen molar-refractivity contribution in [3.63, 3.8) is 0 Å². The molecule has 108 valence electrons. The van der Waals surface area contributed by atoms with Gasteiger partial charge in [-0.3, -0.25) is 9.59 Å². The molecule has 0 aromatic heterocycles. The van der Waals surface area contributed by atoms with Gasteiger partial charge in [0.15, 0.2) is 0 Å². The van der Waals surface area contributed by atoms with Gasteiger partial charge in [0.2, 0.25) is 0 Å². The van der Waals surface area contributed by atoms with Crippen LogP contribution in [0.15, 0.2) is 22.7 Å². The monoisotopic (exact) mass is 361 g/mol. The van der Waals surface area contributed by atoms with Crippen LogP contribution in [0.5, 0.6) is 0 Å². The lowest BCUT2D eigenvalue weighted by Gasteiger charge is -2.35. The third-order valence-electron chi connectivity index (χ3n) is 3.06. The summed E-state index contributed by atoms with van der Waals surface area (Å²) in [4.78, 5) is 24.9. The van der Waals surface area contributed by atoms with Crippen LogP contribution in [-0.2, 0) is 9.53 Å². The van der Waals surface area contributed by atoms with E-state index in [-0.39, 0.29) is 18.9 Å². The second-order valence-corrected chi connectivity index (χ2v) is 5.77. The van der Waals surface area contributed by atoms with E-state index in [0.717, 1.165) is 4.47 Å². The number of carbonyl (C=O) groups is 2. The number of carboxylic acids is 1. The quantitative estimate of drug-likeness (QED) is 0.897. The van der Waals surface area contributed by atoms with Crippen LogP contribution >= 0.6 is 27.5 Å². The summed E-state index contributed by atoms with van der Waals surface area (Å²) in [5, 5.41) is 9.24. The van der Waals surface area contributed by atoms with Crippen molar-refractivity contribution in [3.8, 4) is 0 Å². The number of rotatable bonds is 3. The second kappa shape index (κ2) is 6.56. The molecule has 2 rings (SSSR count). The first-order chi connectivity index (χ1) is 9.49. The number of carboxylic acid groups (broad SMARTS) is 1. The fourth-order valence-electron chi connectivity index (χ4n) is 2.11. The van der Waals surface area contributed by atoms with Gasteiger partial charge in [-0.05, 0) is 18.2 Å². The number of aliphatic carboxylic acids is 1. The van der Waals surface area contributed by atoms with Gasteiger partial charge in [0, 0.05) is 11.0 Å². The minimum Gasteiger partial charge on any atom is -0.481 e. The van der Waals surface area contributed by atoms with E-state index in [4.69, 9.17) is 21.4 Å². The van der Waals surface area contributed by atoms with Gasteiger partial charge in [0.25, 0.3) is 5.91 Å².